The zero-order valence-electron chi connectivity index (χ0n) is 11.6. The van der Waals surface area contributed by atoms with Gasteiger partial charge in [0.25, 0.3) is 0 Å². The number of ether oxygens (including phenoxy) is 2. The van der Waals surface area contributed by atoms with Crippen molar-refractivity contribution < 1.29 is 9.47 Å². The number of nitrogens with one attached hydrogen (secondary N) is 1. The van der Waals surface area contributed by atoms with Crippen LogP contribution in [0.5, 0.6) is 5.75 Å². The Labute approximate surface area is 120 Å². The van der Waals surface area contributed by atoms with Crippen molar-refractivity contribution in [3.63, 3.8) is 0 Å². The summed E-state index contributed by atoms with van der Waals surface area (Å²) < 4.78 is 11.1. The zero-order chi connectivity index (χ0) is 13.7. The fourth-order valence-corrected chi connectivity index (χ4v) is 2.45. The second-order valence-corrected chi connectivity index (χ2v) is 5.60. The van der Waals surface area contributed by atoms with Crippen LogP contribution in [0, 0.1) is 0 Å². The van der Waals surface area contributed by atoms with E-state index in [0.29, 0.717) is 11.1 Å². The summed E-state index contributed by atoms with van der Waals surface area (Å²) in [6.45, 7) is 5.70. The van der Waals surface area contributed by atoms with E-state index in [1.165, 1.54) is 0 Å². The summed E-state index contributed by atoms with van der Waals surface area (Å²) >= 11 is 6.23. The van der Waals surface area contributed by atoms with E-state index in [-0.39, 0.29) is 6.10 Å². The largest absolute Gasteiger partial charge is 0.489 e. The smallest absolute Gasteiger partial charge is 0.138 e. The molecule has 1 N–H and O–H groups in total. The molecule has 19 heavy (non-hydrogen) atoms. The molecular formula is C15H22ClNO2. The molecule has 4 heteroatoms. The van der Waals surface area contributed by atoms with Gasteiger partial charge in [0.05, 0.1) is 11.1 Å². The molecule has 3 nitrogen and oxygen atoms in total. The first-order chi connectivity index (χ1) is 9.15. The molecule has 1 aliphatic heterocycles. The average Bonchev–Trinajstić information content (AvgIpc) is 2.61. The van der Waals surface area contributed by atoms with Gasteiger partial charge in [0.1, 0.15) is 5.75 Å². The SMILES string of the molecule is CC(C)Oc1ccc(NC2CCCOCC2)cc1Cl. The predicted octanol–water partition coefficient (Wildman–Crippen LogP) is 4.11. The van der Waals surface area contributed by atoms with Crippen LogP contribution < -0.4 is 10.1 Å². The van der Waals surface area contributed by atoms with Crippen LogP contribution in [-0.4, -0.2) is 25.4 Å². The molecule has 0 aliphatic carbocycles. The first-order valence-electron chi connectivity index (χ1n) is 6.95. The molecule has 0 bridgehead atoms. The summed E-state index contributed by atoms with van der Waals surface area (Å²) in [6, 6.07) is 6.36. The van der Waals surface area contributed by atoms with Gasteiger partial charge < -0.3 is 14.8 Å². The standard InChI is InChI=1S/C15H22ClNO2/c1-11(2)19-15-6-5-13(10-14(15)16)17-12-4-3-8-18-9-7-12/h5-6,10-12,17H,3-4,7-9H2,1-2H3. The van der Waals surface area contributed by atoms with Crippen LogP contribution in [0.2, 0.25) is 5.02 Å². The Morgan fingerprint density at radius 2 is 2.16 bits per heavy atom. The maximum absolute atomic E-state index is 6.23. The number of anilines is 1. The molecule has 0 saturated carbocycles. The van der Waals surface area contributed by atoms with E-state index in [2.05, 4.69) is 5.32 Å². The van der Waals surface area contributed by atoms with Crippen molar-refractivity contribution in [2.45, 2.75) is 45.3 Å². The molecule has 1 heterocycles. The first-order valence-corrected chi connectivity index (χ1v) is 7.33. The summed E-state index contributed by atoms with van der Waals surface area (Å²) in [5, 5.41) is 4.18. The van der Waals surface area contributed by atoms with Gasteiger partial charge in [-0.15, -0.1) is 0 Å². The van der Waals surface area contributed by atoms with E-state index in [1.54, 1.807) is 0 Å². The molecule has 1 aromatic carbocycles. The highest BCUT2D eigenvalue weighted by molar-refractivity contribution is 6.32. The Morgan fingerprint density at radius 3 is 2.89 bits per heavy atom. The molecule has 0 radical (unpaired) electrons. The molecule has 2 rings (SSSR count). The topological polar surface area (TPSA) is 30.5 Å². The summed E-state index contributed by atoms with van der Waals surface area (Å²) in [6.07, 6.45) is 3.43. The van der Waals surface area contributed by atoms with Crippen LogP contribution in [-0.2, 0) is 4.74 Å². The lowest BCUT2D eigenvalue weighted by atomic mass is 10.1. The van der Waals surface area contributed by atoms with Crippen molar-refractivity contribution in [1.82, 2.24) is 0 Å². The highest BCUT2D eigenvalue weighted by Gasteiger charge is 2.13. The van der Waals surface area contributed by atoms with Gasteiger partial charge in [-0.3, -0.25) is 0 Å². The Morgan fingerprint density at radius 1 is 1.32 bits per heavy atom. The Bertz CT molecular complexity index is 401. The molecular weight excluding hydrogens is 262 g/mol. The predicted molar refractivity (Wildman–Crippen MR) is 79.3 cm³/mol. The normalized spacial score (nSPS) is 20.1. The van der Waals surface area contributed by atoms with Crippen LogP contribution in [0.3, 0.4) is 0 Å². The van der Waals surface area contributed by atoms with Gasteiger partial charge in [-0.1, -0.05) is 11.6 Å². The van der Waals surface area contributed by atoms with E-state index >= 15 is 0 Å². The molecule has 106 valence electrons. The maximum Gasteiger partial charge on any atom is 0.138 e. The second-order valence-electron chi connectivity index (χ2n) is 5.20. The van der Waals surface area contributed by atoms with Crippen molar-refractivity contribution in [1.29, 1.82) is 0 Å². The summed E-state index contributed by atoms with van der Waals surface area (Å²) in [4.78, 5) is 0. The minimum atomic E-state index is 0.135. The maximum atomic E-state index is 6.23. The highest BCUT2D eigenvalue weighted by atomic mass is 35.5. The summed E-state index contributed by atoms with van der Waals surface area (Å²) in [5.41, 5.74) is 1.05. The lowest BCUT2D eigenvalue weighted by molar-refractivity contribution is 0.144. The summed E-state index contributed by atoms with van der Waals surface area (Å²) in [5.74, 6) is 0.742. The van der Waals surface area contributed by atoms with E-state index in [0.717, 1.165) is 43.9 Å². The third kappa shape index (κ3) is 4.59. The van der Waals surface area contributed by atoms with Crippen LogP contribution in [0.25, 0.3) is 0 Å². The van der Waals surface area contributed by atoms with Gasteiger partial charge in [-0.25, -0.2) is 0 Å². The van der Waals surface area contributed by atoms with Gasteiger partial charge >= 0.3 is 0 Å². The van der Waals surface area contributed by atoms with Crippen molar-refractivity contribution in [2.24, 2.45) is 0 Å². The van der Waals surface area contributed by atoms with Crippen LogP contribution >= 0.6 is 11.6 Å². The Hall–Kier alpha value is -0.930. The lowest BCUT2D eigenvalue weighted by Crippen LogP contribution is -2.19. The van der Waals surface area contributed by atoms with Crippen molar-refractivity contribution in [3.05, 3.63) is 23.2 Å². The zero-order valence-corrected chi connectivity index (χ0v) is 12.4. The fourth-order valence-electron chi connectivity index (χ4n) is 2.22. The van der Waals surface area contributed by atoms with Crippen molar-refractivity contribution in [2.75, 3.05) is 18.5 Å². The number of rotatable bonds is 4. The lowest BCUT2D eigenvalue weighted by Gasteiger charge is -2.18. The van der Waals surface area contributed by atoms with Gasteiger partial charge in [0, 0.05) is 24.9 Å². The van der Waals surface area contributed by atoms with Gasteiger partial charge in [0.15, 0.2) is 0 Å². The number of hydrogen-bond acceptors (Lipinski definition) is 3. The Kier molecular flexibility index (Phi) is 5.34. The van der Waals surface area contributed by atoms with E-state index < -0.39 is 0 Å². The first kappa shape index (κ1) is 14.5. The molecule has 0 spiro atoms. The van der Waals surface area contributed by atoms with Gasteiger partial charge in [0.2, 0.25) is 0 Å². The third-order valence-electron chi connectivity index (χ3n) is 3.12. The molecule has 1 saturated heterocycles. The third-order valence-corrected chi connectivity index (χ3v) is 3.41. The van der Waals surface area contributed by atoms with Crippen LogP contribution in [0.15, 0.2) is 18.2 Å². The van der Waals surface area contributed by atoms with E-state index in [1.807, 2.05) is 32.0 Å². The minimum Gasteiger partial charge on any atom is -0.489 e. The average molecular weight is 284 g/mol. The highest BCUT2D eigenvalue weighted by Crippen LogP contribution is 2.29. The second kappa shape index (κ2) is 7.01. The molecule has 1 unspecified atom stereocenters. The van der Waals surface area contributed by atoms with Crippen LogP contribution in [0.1, 0.15) is 33.1 Å². The van der Waals surface area contributed by atoms with E-state index in [4.69, 9.17) is 21.1 Å². The van der Waals surface area contributed by atoms with Crippen molar-refractivity contribution in [3.8, 4) is 5.75 Å². The van der Waals surface area contributed by atoms with Crippen molar-refractivity contribution >= 4 is 17.3 Å². The summed E-state index contributed by atoms with van der Waals surface area (Å²) in [7, 11) is 0. The molecule has 1 fully saturated rings. The number of hydrogen-bond donors (Lipinski definition) is 1. The van der Waals surface area contributed by atoms with Gasteiger partial charge in [-0.05, 0) is 51.3 Å². The quantitative estimate of drug-likeness (QED) is 0.902. The minimum absolute atomic E-state index is 0.135. The fraction of sp³-hybridized carbons (Fsp3) is 0.600. The monoisotopic (exact) mass is 283 g/mol. The molecule has 1 atom stereocenters. The molecule has 1 aliphatic rings. The van der Waals surface area contributed by atoms with Crippen LogP contribution in [0.4, 0.5) is 5.69 Å². The number of halogens is 1. The van der Waals surface area contributed by atoms with E-state index in [9.17, 15) is 0 Å². The van der Waals surface area contributed by atoms with Gasteiger partial charge in [-0.2, -0.15) is 0 Å². The molecule has 1 aromatic rings. The molecule has 0 aromatic heterocycles. The number of benzene rings is 1. The molecule has 0 amide bonds. The Balaban J connectivity index is 1.98.